The highest BCUT2D eigenvalue weighted by Crippen LogP contribution is 2.30. The lowest BCUT2D eigenvalue weighted by molar-refractivity contribution is 0.561. The number of fused-ring (bicyclic) bond motifs is 1. The Morgan fingerprint density at radius 3 is 2.65 bits per heavy atom. The minimum Gasteiger partial charge on any atom is -0.366 e. The van der Waals surface area contributed by atoms with Crippen molar-refractivity contribution in [2.24, 2.45) is 0 Å². The molecule has 2 N–H and O–H groups in total. The van der Waals surface area contributed by atoms with E-state index in [0.29, 0.717) is 16.4 Å². The largest absolute Gasteiger partial charge is 0.366 e. The Hall–Kier alpha value is -3.78. The fraction of sp³-hybridized carbons (Fsp3) is 0.0909. The molecule has 0 aliphatic rings. The molecule has 7 nitrogen and oxygen atoms in total. The number of halogens is 2. The average molecular weight is 434 g/mol. The van der Waals surface area contributed by atoms with Crippen LogP contribution in [0.1, 0.15) is 18.5 Å². The highest BCUT2D eigenvalue weighted by Gasteiger charge is 2.14. The van der Waals surface area contributed by atoms with Gasteiger partial charge in [0.15, 0.2) is 5.65 Å². The van der Waals surface area contributed by atoms with Crippen molar-refractivity contribution in [3.63, 3.8) is 0 Å². The molecule has 5 aromatic rings. The summed E-state index contributed by atoms with van der Waals surface area (Å²) in [7, 11) is 0. The number of nitrogens with two attached hydrogens (primary N) is 1. The van der Waals surface area contributed by atoms with E-state index < -0.39 is 0 Å². The second-order valence-electron chi connectivity index (χ2n) is 7.15. The number of benzene rings is 1. The second-order valence-corrected chi connectivity index (χ2v) is 7.56. The maximum absolute atomic E-state index is 13.2. The van der Waals surface area contributed by atoms with Gasteiger partial charge in [-0.1, -0.05) is 23.7 Å². The molecule has 0 fully saturated rings. The molecular weight excluding hydrogens is 417 g/mol. The maximum atomic E-state index is 13.2. The number of nitrogen functional groups attached to an aromatic ring is 1. The van der Waals surface area contributed by atoms with Gasteiger partial charge in [0.25, 0.3) is 0 Å². The van der Waals surface area contributed by atoms with Crippen LogP contribution in [0.5, 0.6) is 0 Å². The normalized spacial score (nSPS) is 12.4. The molecule has 0 aliphatic carbocycles. The maximum Gasteiger partial charge on any atom is 0.240 e. The summed E-state index contributed by atoms with van der Waals surface area (Å²) in [5.74, 6) is -0.0542. The van der Waals surface area contributed by atoms with E-state index in [2.05, 4.69) is 15.2 Å². The van der Waals surface area contributed by atoms with Crippen molar-refractivity contribution in [1.29, 1.82) is 0 Å². The van der Waals surface area contributed by atoms with Crippen LogP contribution in [-0.4, -0.2) is 29.4 Å². The zero-order chi connectivity index (χ0) is 21.5. The zero-order valence-electron chi connectivity index (χ0n) is 16.4. The third-order valence-corrected chi connectivity index (χ3v) is 5.42. The van der Waals surface area contributed by atoms with E-state index in [1.54, 1.807) is 33.7 Å². The van der Waals surface area contributed by atoms with Crippen LogP contribution in [-0.2, 0) is 0 Å². The summed E-state index contributed by atoms with van der Waals surface area (Å²) in [6.07, 6.45) is 5.39. The summed E-state index contributed by atoms with van der Waals surface area (Å²) in [4.78, 5) is 8.95. The minimum atomic E-state index is -0.267. The topological polar surface area (TPSA) is 86.9 Å². The third-order valence-electron chi connectivity index (χ3n) is 5.12. The van der Waals surface area contributed by atoms with Gasteiger partial charge in [-0.05, 0) is 48.9 Å². The molecule has 0 saturated heterocycles. The first-order valence-corrected chi connectivity index (χ1v) is 9.94. The highest BCUT2D eigenvalue weighted by molar-refractivity contribution is 6.33. The summed E-state index contributed by atoms with van der Waals surface area (Å²) in [5, 5.41) is 9.07. The van der Waals surface area contributed by atoms with E-state index in [1.807, 2.05) is 37.4 Å². The summed E-state index contributed by atoms with van der Waals surface area (Å²) in [5.41, 5.74) is 10.3. The van der Waals surface area contributed by atoms with Gasteiger partial charge in [0.05, 0.1) is 28.6 Å². The van der Waals surface area contributed by atoms with Crippen LogP contribution < -0.4 is 5.73 Å². The first-order chi connectivity index (χ1) is 15.0. The molecule has 154 valence electrons. The Kier molecular flexibility index (Phi) is 4.63. The van der Waals surface area contributed by atoms with Gasteiger partial charge in [0.2, 0.25) is 5.95 Å². The number of hydrogen-bond acceptors (Lipinski definition) is 5. The molecular formula is C22H17ClFN7. The Bertz CT molecular complexity index is 1390. The smallest absolute Gasteiger partial charge is 0.240 e. The van der Waals surface area contributed by atoms with Crippen LogP contribution in [0.15, 0.2) is 67.1 Å². The van der Waals surface area contributed by atoms with Crippen molar-refractivity contribution in [2.45, 2.75) is 13.0 Å². The Labute approximate surface area is 181 Å². The van der Waals surface area contributed by atoms with Crippen LogP contribution in [0.25, 0.3) is 28.2 Å². The Morgan fingerprint density at radius 1 is 1.03 bits per heavy atom. The van der Waals surface area contributed by atoms with Gasteiger partial charge in [-0.25, -0.2) is 13.9 Å². The molecule has 0 saturated carbocycles. The van der Waals surface area contributed by atoms with Gasteiger partial charge < -0.3 is 5.73 Å². The van der Waals surface area contributed by atoms with Crippen LogP contribution in [0.3, 0.4) is 0 Å². The molecule has 4 heterocycles. The van der Waals surface area contributed by atoms with Gasteiger partial charge in [-0.15, -0.1) is 5.10 Å². The molecule has 0 spiro atoms. The van der Waals surface area contributed by atoms with E-state index in [-0.39, 0.29) is 17.8 Å². The summed E-state index contributed by atoms with van der Waals surface area (Å²) >= 11 is 6.46. The van der Waals surface area contributed by atoms with Crippen molar-refractivity contribution in [2.75, 3.05) is 5.73 Å². The molecule has 1 aromatic carbocycles. The lowest BCUT2D eigenvalue weighted by atomic mass is 10.1. The van der Waals surface area contributed by atoms with E-state index in [9.17, 15) is 4.39 Å². The second kappa shape index (κ2) is 7.48. The molecule has 0 aliphatic heterocycles. The average Bonchev–Trinajstić information content (AvgIpc) is 3.39. The first kappa shape index (κ1) is 19.2. The molecule has 4 aromatic heterocycles. The van der Waals surface area contributed by atoms with Crippen LogP contribution in [0.2, 0.25) is 5.02 Å². The van der Waals surface area contributed by atoms with Crippen molar-refractivity contribution >= 4 is 23.2 Å². The number of rotatable bonds is 4. The number of hydrogen-bond donors (Lipinski definition) is 1. The van der Waals surface area contributed by atoms with E-state index in [4.69, 9.17) is 22.3 Å². The van der Waals surface area contributed by atoms with Gasteiger partial charge in [0.1, 0.15) is 5.82 Å². The summed E-state index contributed by atoms with van der Waals surface area (Å²) in [6.45, 7) is 2.00. The van der Waals surface area contributed by atoms with E-state index in [0.717, 1.165) is 22.4 Å². The summed E-state index contributed by atoms with van der Waals surface area (Å²) < 4.78 is 16.6. The number of nitrogens with zero attached hydrogens (tertiary/aromatic N) is 6. The molecule has 0 amide bonds. The molecule has 31 heavy (non-hydrogen) atoms. The number of pyridine rings is 2. The quantitative estimate of drug-likeness (QED) is 0.446. The number of aromatic nitrogens is 6. The molecule has 5 rings (SSSR count). The van der Waals surface area contributed by atoms with E-state index in [1.165, 1.54) is 12.1 Å². The number of anilines is 1. The van der Waals surface area contributed by atoms with Crippen molar-refractivity contribution in [3.8, 4) is 22.5 Å². The SMILES string of the molecule is CC(c1ccc(F)cc1)n1cc(-c2nc(-c3ccn4nc(N)nc4c3)ccc2Cl)cn1. The Morgan fingerprint density at radius 2 is 1.84 bits per heavy atom. The lowest BCUT2D eigenvalue weighted by Gasteiger charge is -2.12. The molecule has 0 radical (unpaired) electrons. The Balaban J connectivity index is 1.50. The van der Waals surface area contributed by atoms with Crippen molar-refractivity contribution in [1.82, 2.24) is 29.4 Å². The monoisotopic (exact) mass is 433 g/mol. The predicted octanol–water partition coefficient (Wildman–Crippen LogP) is 4.64. The first-order valence-electron chi connectivity index (χ1n) is 9.57. The molecule has 1 atom stereocenters. The third kappa shape index (κ3) is 3.62. The highest BCUT2D eigenvalue weighted by atomic mass is 35.5. The minimum absolute atomic E-state index is 0.0721. The van der Waals surface area contributed by atoms with Gasteiger partial charge >= 0.3 is 0 Å². The van der Waals surface area contributed by atoms with Gasteiger partial charge in [-0.2, -0.15) is 10.1 Å². The summed E-state index contributed by atoms with van der Waals surface area (Å²) in [6, 6.07) is 13.7. The molecule has 1 unspecified atom stereocenters. The van der Waals surface area contributed by atoms with Crippen molar-refractivity contribution in [3.05, 3.63) is 83.5 Å². The van der Waals surface area contributed by atoms with Gasteiger partial charge in [0, 0.05) is 23.5 Å². The molecule has 9 heteroatoms. The van der Waals surface area contributed by atoms with Crippen LogP contribution >= 0.6 is 11.6 Å². The van der Waals surface area contributed by atoms with E-state index >= 15 is 0 Å². The van der Waals surface area contributed by atoms with Gasteiger partial charge in [-0.3, -0.25) is 4.68 Å². The fourth-order valence-electron chi connectivity index (χ4n) is 3.43. The fourth-order valence-corrected chi connectivity index (χ4v) is 3.64. The van der Waals surface area contributed by atoms with Crippen LogP contribution in [0.4, 0.5) is 10.3 Å². The van der Waals surface area contributed by atoms with Crippen molar-refractivity contribution < 1.29 is 4.39 Å². The molecule has 0 bridgehead atoms. The lowest BCUT2D eigenvalue weighted by Crippen LogP contribution is -2.06. The standard InChI is InChI=1S/C22H17ClFN7/c1-13(14-2-4-17(24)5-3-14)31-12-16(11-26-31)21-18(23)6-7-19(27-21)15-8-9-30-20(10-15)28-22(25)29-30/h2-13H,1H3,(H2,25,29). The zero-order valence-corrected chi connectivity index (χ0v) is 17.2. The van der Waals surface area contributed by atoms with Crippen LogP contribution in [0, 0.1) is 5.82 Å². The predicted molar refractivity (Wildman–Crippen MR) is 117 cm³/mol.